The van der Waals surface area contributed by atoms with Crippen molar-refractivity contribution in [1.29, 1.82) is 0 Å². The smallest absolute Gasteiger partial charge is 0.468 e. The number of rotatable bonds is 3. The molecule has 0 aliphatic carbocycles. The van der Waals surface area contributed by atoms with Crippen molar-refractivity contribution in [2.24, 2.45) is 0 Å². The maximum Gasteiger partial charge on any atom is 0.515 e. The fraction of sp³-hybridized carbons (Fsp3) is 0.308. The maximum atomic E-state index is 11.8. The predicted octanol–water partition coefficient (Wildman–Crippen LogP) is 1.56. The molecule has 0 spiro atoms. The summed E-state index contributed by atoms with van der Waals surface area (Å²) in [5.74, 6) is -3.16. The fourth-order valence-corrected chi connectivity index (χ4v) is 1.43. The lowest BCUT2D eigenvalue weighted by molar-refractivity contribution is -0.153. The van der Waals surface area contributed by atoms with E-state index in [-0.39, 0.29) is 0 Å². The highest BCUT2D eigenvalue weighted by Gasteiger charge is 2.32. The lowest BCUT2D eigenvalue weighted by Gasteiger charge is -2.13. The van der Waals surface area contributed by atoms with Gasteiger partial charge in [-0.15, -0.1) is 0 Å². The Morgan fingerprint density at radius 1 is 0.947 bits per heavy atom. The van der Waals surface area contributed by atoms with Gasteiger partial charge in [0.15, 0.2) is 5.92 Å². The zero-order chi connectivity index (χ0) is 14.4. The van der Waals surface area contributed by atoms with Gasteiger partial charge in [0.25, 0.3) is 0 Å². The molecule has 19 heavy (non-hydrogen) atoms. The first kappa shape index (κ1) is 14.7. The zero-order valence-corrected chi connectivity index (χ0v) is 10.8. The van der Waals surface area contributed by atoms with Gasteiger partial charge in [0.1, 0.15) is 0 Å². The molecule has 102 valence electrons. The second kappa shape index (κ2) is 6.53. The fourth-order valence-electron chi connectivity index (χ4n) is 1.43. The average Bonchev–Trinajstić information content (AvgIpc) is 2.40. The minimum Gasteiger partial charge on any atom is -0.468 e. The Bertz CT molecular complexity index is 476. The summed E-state index contributed by atoms with van der Waals surface area (Å²) in [4.78, 5) is 34.3. The second-order valence-electron chi connectivity index (χ2n) is 3.74. The monoisotopic (exact) mass is 266 g/mol. The van der Waals surface area contributed by atoms with Crippen molar-refractivity contribution in [3.8, 4) is 0 Å². The number of ether oxygens (including phenoxy) is 3. The molecule has 0 aromatic heterocycles. The van der Waals surface area contributed by atoms with Crippen LogP contribution in [0.1, 0.15) is 17.0 Å². The van der Waals surface area contributed by atoms with Crippen molar-refractivity contribution in [2.75, 3.05) is 14.2 Å². The number of carbonyl (C=O) groups excluding carboxylic acids is 3. The first-order chi connectivity index (χ1) is 8.99. The molecule has 0 saturated carbocycles. The quantitative estimate of drug-likeness (QED) is 0.610. The maximum absolute atomic E-state index is 11.8. The zero-order valence-electron chi connectivity index (χ0n) is 10.8. The third-order valence-corrected chi connectivity index (χ3v) is 2.43. The molecule has 1 unspecified atom stereocenters. The van der Waals surface area contributed by atoms with Gasteiger partial charge in [0.05, 0.1) is 14.2 Å². The molecule has 0 amide bonds. The molecule has 0 fully saturated rings. The van der Waals surface area contributed by atoms with Crippen LogP contribution in [0.15, 0.2) is 24.3 Å². The molecule has 0 aliphatic rings. The number of hydrogen-bond donors (Lipinski definition) is 0. The first-order valence-corrected chi connectivity index (χ1v) is 5.43. The molecule has 1 rings (SSSR count). The molecule has 0 aliphatic heterocycles. The van der Waals surface area contributed by atoms with Crippen LogP contribution >= 0.6 is 0 Å². The van der Waals surface area contributed by atoms with E-state index < -0.39 is 24.0 Å². The van der Waals surface area contributed by atoms with E-state index in [9.17, 15) is 14.4 Å². The summed E-state index contributed by atoms with van der Waals surface area (Å²) >= 11 is 0. The molecular weight excluding hydrogens is 252 g/mol. The Morgan fingerprint density at radius 2 is 1.53 bits per heavy atom. The van der Waals surface area contributed by atoms with Crippen molar-refractivity contribution in [3.63, 3.8) is 0 Å². The van der Waals surface area contributed by atoms with E-state index in [1.807, 2.05) is 6.92 Å². The summed E-state index contributed by atoms with van der Waals surface area (Å²) in [6.07, 6.45) is -1.17. The highest BCUT2D eigenvalue weighted by atomic mass is 16.7. The van der Waals surface area contributed by atoms with Gasteiger partial charge in [-0.3, -0.25) is 9.59 Å². The summed E-state index contributed by atoms with van der Waals surface area (Å²) in [6, 6.07) is 6.65. The van der Waals surface area contributed by atoms with Gasteiger partial charge in [0.2, 0.25) is 0 Å². The molecular formula is C13H14O6. The number of aryl methyl sites for hydroxylation is 1. The third kappa shape index (κ3) is 3.80. The van der Waals surface area contributed by atoms with Gasteiger partial charge in [-0.25, -0.2) is 4.79 Å². The number of esters is 2. The highest BCUT2D eigenvalue weighted by Crippen LogP contribution is 2.20. The molecule has 1 aromatic rings. The Hall–Kier alpha value is -2.37. The van der Waals surface area contributed by atoms with Crippen LogP contribution in [0, 0.1) is 6.92 Å². The lowest BCUT2D eigenvalue weighted by atomic mass is 9.98. The summed E-state index contributed by atoms with van der Waals surface area (Å²) in [6.45, 7) is 1.86. The summed E-state index contributed by atoms with van der Waals surface area (Å²) in [7, 11) is 2.21. The third-order valence-electron chi connectivity index (χ3n) is 2.43. The van der Waals surface area contributed by atoms with Gasteiger partial charge in [-0.1, -0.05) is 29.8 Å². The topological polar surface area (TPSA) is 78.9 Å². The standard InChI is InChI=1S/C13H14O6/c1-8-4-6-9(7-5-8)10(11(14)17-2)12(15)19-13(16)18-3/h4-7,10H,1-3H3. The van der Waals surface area contributed by atoms with E-state index in [1.54, 1.807) is 24.3 Å². The Balaban J connectivity index is 3.01. The number of carbonyl (C=O) groups is 3. The SMILES string of the molecule is COC(=O)OC(=O)C(C(=O)OC)c1ccc(C)cc1. The Kier molecular flexibility index (Phi) is 5.05. The van der Waals surface area contributed by atoms with Gasteiger partial charge < -0.3 is 14.2 Å². The Labute approximate surface area is 110 Å². The van der Waals surface area contributed by atoms with Crippen LogP contribution in [-0.2, 0) is 23.8 Å². The average molecular weight is 266 g/mol. The van der Waals surface area contributed by atoms with Gasteiger partial charge >= 0.3 is 18.1 Å². The van der Waals surface area contributed by atoms with Crippen molar-refractivity contribution in [1.82, 2.24) is 0 Å². The van der Waals surface area contributed by atoms with Gasteiger partial charge in [-0.2, -0.15) is 0 Å². The van der Waals surface area contributed by atoms with Crippen molar-refractivity contribution in [3.05, 3.63) is 35.4 Å². The summed E-state index contributed by atoms with van der Waals surface area (Å²) in [5.41, 5.74) is 1.35. The second-order valence-corrected chi connectivity index (χ2v) is 3.74. The van der Waals surface area contributed by atoms with Crippen LogP contribution in [0.3, 0.4) is 0 Å². The van der Waals surface area contributed by atoms with Gasteiger partial charge in [-0.05, 0) is 12.5 Å². The van der Waals surface area contributed by atoms with Gasteiger partial charge in [0, 0.05) is 0 Å². The number of benzene rings is 1. The van der Waals surface area contributed by atoms with E-state index in [0.717, 1.165) is 19.8 Å². The highest BCUT2D eigenvalue weighted by molar-refractivity contribution is 6.03. The molecule has 6 nitrogen and oxygen atoms in total. The van der Waals surface area contributed by atoms with Crippen LogP contribution in [0.25, 0.3) is 0 Å². The van der Waals surface area contributed by atoms with E-state index >= 15 is 0 Å². The molecule has 0 radical (unpaired) electrons. The molecule has 6 heteroatoms. The first-order valence-electron chi connectivity index (χ1n) is 5.43. The van der Waals surface area contributed by atoms with E-state index in [0.29, 0.717) is 5.56 Å². The Morgan fingerprint density at radius 3 is 2.00 bits per heavy atom. The normalized spacial score (nSPS) is 11.3. The summed E-state index contributed by atoms with van der Waals surface area (Å²) in [5, 5.41) is 0. The van der Waals surface area contributed by atoms with E-state index in [4.69, 9.17) is 0 Å². The molecule has 0 bridgehead atoms. The minimum absolute atomic E-state index is 0.381. The summed E-state index contributed by atoms with van der Waals surface area (Å²) < 4.78 is 13.1. The van der Waals surface area contributed by atoms with E-state index in [1.165, 1.54) is 0 Å². The van der Waals surface area contributed by atoms with E-state index in [2.05, 4.69) is 14.2 Å². The largest absolute Gasteiger partial charge is 0.515 e. The lowest BCUT2D eigenvalue weighted by Crippen LogP contribution is -2.27. The van der Waals surface area contributed by atoms with Crippen LogP contribution in [0.5, 0.6) is 0 Å². The van der Waals surface area contributed by atoms with Crippen LogP contribution in [-0.4, -0.2) is 32.3 Å². The van der Waals surface area contributed by atoms with Crippen LogP contribution in [0.2, 0.25) is 0 Å². The molecule has 0 heterocycles. The number of methoxy groups -OCH3 is 2. The molecule has 0 N–H and O–H groups in total. The minimum atomic E-state index is -1.32. The molecule has 1 atom stereocenters. The predicted molar refractivity (Wildman–Crippen MR) is 64.4 cm³/mol. The van der Waals surface area contributed by atoms with Crippen molar-refractivity contribution in [2.45, 2.75) is 12.8 Å². The van der Waals surface area contributed by atoms with Crippen molar-refractivity contribution < 1.29 is 28.6 Å². The van der Waals surface area contributed by atoms with Crippen molar-refractivity contribution >= 4 is 18.1 Å². The number of hydrogen-bond acceptors (Lipinski definition) is 6. The molecule has 1 aromatic carbocycles. The van der Waals surface area contributed by atoms with Crippen LogP contribution < -0.4 is 0 Å². The van der Waals surface area contributed by atoms with Crippen LogP contribution in [0.4, 0.5) is 4.79 Å². The molecule has 0 saturated heterocycles.